The molecule has 16 heavy (non-hydrogen) atoms. The molecule has 2 unspecified atom stereocenters. The summed E-state index contributed by atoms with van der Waals surface area (Å²) in [4.78, 5) is 0. The molecule has 0 aliphatic carbocycles. The Bertz CT molecular complexity index is 334. The van der Waals surface area contributed by atoms with E-state index in [1.807, 2.05) is 19.1 Å². The fraction of sp³-hybridized carbons (Fsp3) is 0.571. The minimum Gasteiger partial charge on any atom is -0.388 e. The second-order valence-electron chi connectivity index (χ2n) is 4.43. The van der Waals surface area contributed by atoms with Crippen LogP contribution in [0.1, 0.15) is 42.6 Å². The Morgan fingerprint density at radius 2 is 1.94 bits per heavy atom. The quantitative estimate of drug-likeness (QED) is 0.829. The summed E-state index contributed by atoms with van der Waals surface area (Å²) in [5.41, 5.74) is 3.47. The van der Waals surface area contributed by atoms with E-state index in [4.69, 9.17) is 4.74 Å². The summed E-state index contributed by atoms with van der Waals surface area (Å²) in [5, 5.41) is 10.1. The van der Waals surface area contributed by atoms with Crippen molar-refractivity contribution < 1.29 is 9.84 Å². The molecular formula is C14H22O2. The number of aryl methyl sites for hydroxylation is 1. The van der Waals surface area contributed by atoms with E-state index in [9.17, 15) is 5.11 Å². The largest absolute Gasteiger partial charge is 0.388 e. The second kappa shape index (κ2) is 6.02. The maximum Gasteiger partial charge on any atom is 0.0793 e. The van der Waals surface area contributed by atoms with Crippen LogP contribution in [0.15, 0.2) is 18.2 Å². The smallest absolute Gasteiger partial charge is 0.0793 e. The predicted octanol–water partition coefficient (Wildman–Crippen LogP) is 3.15. The monoisotopic (exact) mass is 222 g/mol. The summed E-state index contributed by atoms with van der Waals surface area (Å²) in [6.45, 7) is 6.16. The first-order valence-electron chi connectivity index (χ1n) is 5.83. The van der Waals surface area contributed by atoms with E-state index in [-0.39, 0.29) is 12.2 Å². The Kier molecular flexibility index (Phi) is 4.97. The maximum atomic E-state index is 10.1. The Morgan fingerprint density at radius 1 is 1.25 bits per heavy atom. The summed E-state index contributed by atoms with van der Waals surface area (Å²) in [6.07, 6.45) is 1.46. The molecule has 0 heterocycles. The summed E-state index contributed by atoms with van der Waals surface area (Å²) in [5.74, 6) is 0. The van der Waals surface area contributed by atoms with Gasteiger partial charge in [0, 0.05) is 7.11 Å². The van der Waals surface area contributed by atoms with Gasteiger partial charge >= 0.3 is 0 Å². The van der Waals surface area contributed by atoms with Crippen LogP contribution in [0.25, 0.3) is 0 Å². The lowest BCUT2D eigenvalue weighted by Crippen LogP contribution is -2.08. The molecule has 0 saturated heterocycles. The molecule has 0 spiro atoms. The molecule has 0 saturated carbocycles. The van der Waals surface area contributed by atoms with Gasteiger partial charge in [-0.3, -0.25) is 0 Å². The van der Waals surface area contributed by atoms with Gasteiger partial charge in [0.2, 0.25) is 0 Å². The third kappa shape index (κ3) is 3.32. The fourth-order valence-corrected chi connectivity index (χ4v) is 1.80. The van der Waals surface area contributed by atoms with Gasteiger partial charge in [0.15, 0.2) is 0 Å². The Labute approximate surface area is 98.3 Å². The topological polar surface area (TPSA) is 29.5 Å². The SMILES string of the molecule is COC(C)CCC(O)c1cccc(C)c1C. The van der Waals surface area contributed by atoms with Crippen molar-refractivity contribution in [1.82, 2.24) is 0 Å². The van der Waals surface area contributed by atoms with Crippen molar-refractivity contribution in [3.63, 3.8) is 0 Å². The predicted molar refractivity (Wildman–Crippen MR) is 66.6 cm³/mol. The van der Waals surface area contributed by atoms with E-state index in [1.54, 1.807) is 7.11 Å². The zero-order valence-corrected chi connectivity index (χ0v) is 10.7. The second-order valence-corrected chi connectivity index (χ2v) is 4.43. The molecule has 0 amide bonds. The summed E-state index contributed by atoms with van der Waals surface area (Å²) < 4.78 is 5.18. The molecule has 1 aromatic rings. The van der Waals surface area contributed by atoms with Crippen LogP contribution < -0.4 is 0 Å². The van der Waals surface area contributed by atoms with Crippen molar-refractivity contribution in [2.75, 3.05) is 7.11 Å². The molecular weight excluding hydrogens is 200 g/mol. The number of hydrogen-bond acceptors (Lipinski definition) is 2. The highest BCUT2D eigenvalue weighted by molar-refractivity contribution is 5.34. The van der Waals surface area contributed by atoms with Gasteiger partial charge in [-0.05, 0) is 50.3 Å². The first-order valence-corrected chi connectivity index (χ1v) is 5.83. The fourth-order valence-electron chi connectivity index (χ4n) is 1.80. The first-order chi connectivity index (χ1) is 7.56. The maximum absolute atomic E-state index is 10.1. The van der Waals surface area contributed by atoms with Gasteiger partial charge < -0.3 is 9.84 Å². The molecule has 1 N–H and O–H groups in total. The van der Waals surface area contributed by atoms with Gasteiger partial charge in [0.05, 0.1) is 12.2 Å². The van der Waals surface area contributed by atoms with Crippen LogP contribution in [-0.2, 0) is 4.74 Å². The molecule has 0 bridgehead atoms. The lowest BCUT2D eigenvalue weighted by atomic mass is 9.96. The number of rotatable bonds is 5. The van der Waals surface area contributed by atoms with Gasteiger partial charge in [-0.25, -0.2) is 0 Å². The number of benzene rings is 1. The zero-order chi connectivity index (χ0) is 12.1. The number of hydrogen-bond donors (Lipinski definition) is 1. The number of aliphatic hydroxyl groups is 1. The first kappa shape index (κ1) is 13.2. The van der Waals surface area contributed by atoms with Crippen molar-refractivity contribution in [3.05, 3.63) is 34.9 Å². The lowest BCUT2D eigenvalue weighted by Gasteiger charge is -2.17. The van der Waals surface area contributed by atoms with Crippen LogP contribution in [0, 0.1) is 13.8 Å². The lowest BCUT2D eigenvalue weighted by molar-refractivity contribution is 0.0849. The normalized spacial score (nSPS) is 14.8. The van der Waals surface area contributed by atoms with Crippen LogP contribution in [0.5, 0.6) is 0 Å². The molecule has 0 fully saturated rings. The molecule has 0 aliphatic rings. The number of aliphatic hydroxyl groups excluding tert-OH is 1. The van der Waals surface area contributed by atoms with Gasteiger partial charge in [0.1, 0.15) is 0 Å². The average Bonchev–Trinajstić information content (AvgIpc) is 2.29. The van der Waals surface area contributed by atoms with E-state index < -0.39 is 0 Å². The molecule has 2 atom stereocenters. The van der Waals surface area contributed by atoms with E-state index in [1.165, 1.54) is 11.1 Å². The molecule has 2 heteroatoms. The molecule has 0 aliphatic heterocycles. The minimum absolute atomic E-state index is 0.208. The molecule has 1 rings (SSSR count). The summed E-state index contributed by atoms with van der Waals surface area (Å²) in [6, 6.07) is 6.08. The Hall–Kier alpha value is -0.860. The van der Waals surface area contributed by atoms with Gasteiger partial charge in [-0.2, -0.15) is 0 Å². The molecule has 0 aromatic heterocycles. The van der Waals surface area contributed by atoms with Crippen LogP contribution in [0.3, 0.4) is 0 Å². The molecule has 0 radical (unpaired) electrons. The highest BCUT2D eigenvalue weighted by Gasteiger charge is 2.12. The standard InChI is InChI=1S/C14H22O2/c1-10-6-5-7-13(12(10)3)14(15)9-8-11(2)16-4/h5-7,11,14-15H,8-9H2,1-4H3. The van der Waals surface area contributed by atoms with E-state index in [2.05, 4.69) is 19.9 Å². The highest BCUT2D eigenvalue weighted by Crippen LogP contribution is 2.24. The Morgan fingerprint density at radius 3 is 2.56 bits per heavy atom. The summed E-state index contributed by atoms with van der Waals surface area (Å²) >= 11 is 0. The van der Waals surface area contributed by atoms with Crippen LogP contribution in [-0.4, -0.2) is 18.3 Å². The van der Waals surface area contributed by atoms with Crippen molar-refractivity contribution in [2.45, 2.75) is 45.8 Å². The van der Waals surface area contributed by atoms with Crippen molar-refractivity contribution >= 4 is 0 Å². The van der Waals surface area contributed by atoms with E-state index >= 15 is 0 Å². The number of methoxy groups -OCH3 is 1. The van der Waals surface area contributed by atoms with Crippen LogP contribution in [0.4, 0.5) is 0 Å². The van der Waals surface area contributed by atoms with Crippen molar-refractivity contribution in [3.8, 4) is 0 Å². The van der Waals surface area contributed by atoms with E-state index in [0.29, 0.717) is 0 Å². The third-order valence-electron chi connectivity index (χ3n) is 3.25. The zero-order valence-electron chi connectivity index (χ0n) is 10.7. The molecule has 2 nitrogen and oxygen atoms in total. The van der Waals surface area contributed by atoms with Crippen molar-refractivity contribution in [2.24, 2.45) is 0 Å². The average molecular weight is 222 g/mol. The van der Waals surface area contributed by atoms with Gasteiger partial charge in [-0.1, -0.05) is 18.2 Å². The summed E-state index contributed by atoms with van der Waals surface area (Å²) in [7, 11) is 1.70. The minimum atomic E-state index is -0.377. The van der Waals surface area contributed by atoms with Crippen LogP contribution in [0.2, 0.25) is 0 Å². The van der Waals surface area contributed by atoms with Crippen LogP contribution >= 0.6 is 0 Å². The Balaban J connectivity index is 2.66. The van der Waals surface area contributed by atoms with Gasteiger partial charge in [0.25, 0.3) is 0 Å². The number of ether oxygens (including phenoxy) is 1. The van der Waals surface area contributed by atoms with Gasteiger partial charge in [-0.15, -0.1) is 0 Å². The van der Waals surface area contributed by atoms with Crippen molar-refractivity contribution in [1.29, 1.82) is 0 Å². The van der Waals surface area contributed by atoms with E-state index in [0.717, 1.165) is 18.4 Å². The molecule has 90 valence electrons. The third-order valence-corrected chi connectivity index (χ3v) is 3.25. The molecule has 1 aromatic carbocycles. The highest BCUT2D eigenvalue weighted by atomic mass is 16.5.